The molecule has 1 aromatic carbocycles. The minimum absolute atomic E-state index is 0.139. The molecule has 0 atom stereocenters. The fraction of sp³-hybridized carbons (Fsp3) is 0.357. The molecule has 0 bridgehead atoms. The second-order valence-corrected chi connectivity index (χ2v) is 5.84. The van der Waals surface area contributed by atoms with Gasteiger partial charge in [0.15, 0.2) is 5.82 Å². The molecule has 1 aliphatic carbocycles. The van der Waals surface area contributed by atoms with Gasteiger partial charge in [-0.1, -0.05) is 34.4 Å². The topological polar surface area (TPSA) is 68.0 Å². The number of hydrogen-bond acceptors (Lipinski definition) is 4. The van der Waals surface area contributed by atoms with Crippen molar-refractivity contribution in [1.82, 2.24) is 15.5 Å². The van der Waals surface area contributed by atoms with E-state index in [1.54, 1.807) is 18.2 Å². The molecule has 1 amide bonds. The Morgan fingerprint density at radius 3 is 2.86 bits per heavy atom. The van der Waals surface area contributed by atoms with E-state index in [9.17, 15) is 4.79 Å². The summed E-state index contributed by atoms with van der Waals surface area (Å²) in [4.78, 5) is 16.1. The van der Waals surface area contributed by atoms with E-state index in [2.05, 4.69) is 15.5 Å². The molecule has 1 heterocycles. The van der Waals surface area contributed by atoms with Gasteiger partial charge in [0.1, 0.15) is 0 Å². The molecule has 1 aromatic heterocycles. The fourth-order valence-corrected chi connectivity index (χ4v) is 2.24. The van der Waals surface area contributed by atoms with Crippen molar-refractivity contribution in [3.8, 4) is 0 Å². The van der Waals surface area contributed by atoms with Gasteiger partial charge in [-0.25, -0.2) is 0 Å². The summed E-state index contributed by atoms with van der Waals surface area (Å²) in [6.07, 6.45) is 2.45. The van der Waals surface area contributed by atoms with Crippen LogP contribution >= 0.6 is 23.2 Å². The van der Waals surface area contributed by atoms with Crippen LogP contribution in [0, 0.1) is 0 Å². The van der Waals surface area contributed by atoms with Crippen LogP contribution in [-0.2, 0) is 17.8 Å². The lowest BCUT2D eigenvalue weighted by atomic mass is 10.1. The smallest absolute Gasteiger partial charge is 0.246 e. The Bertz CT molecular complexity index is 668. The zero-order valence-corrected chi connectivity index (χ0v) is 12.6. The van der Waals surface area contributed by atoms with E-state index in [1.165, 1.54) is 0 Å². The number of aromatic nitrogens is 2. The van der Waals surface area contributed by atoms with Crippen LogP contribution < -0.4 is 5.32 Å². The van der Waals surface area contributed by atoms with Crippen LogP contribution in [0.1, 0.15) is 36.0 Å². The lowest BCUT2D eigenvalue weighted by Crippen LogP contribution is -2.24. The summed E-state index contributed by atoms with van der Waals surface area (Å²) in [6.45, 7) is 0.236. The Labute approximate surface area is 131 Å². The average molecular weight is 326 g/mol. The summed E-state index contributed by atoms with van der Waals surface area (Å²) >= 11 is 11.7. The van der Waals surface area contributed by atoms with Crippen LogP contribution in [0.5, 0.6) is 0 Å². The Kier molecular flexibility index (Phi) is 4.12. The lowest BCUT2D eigenvalue weighted by molar-refractivity contribution is -0.120. The molecule has 1 aliphatic rings. The van der Waals surface area contributed by atoms with Crippen LogP contribution in [0.4, 0.5) is 0 Å². The van der Waals surface area contributed by atoms with E-state index in [4.69, 9.17) is 27.7 Å². The highest BCUT2D eigenvalue weighted by atomic mass is 35.5. The van der Waals surface area contributed by atoms with E-state index in [-0.39, 0.29) is 18.9 Å². The highest BCUT2D eigenvalue weighted by molar-refractivity contribution is 6.42. The largest absolute Gasteiger partial charge is 0.347 e. The van der Waals surface area contributed by atoms with Gasteiger partial charge in [-0.15, -0.1) is 0 Å². The standard InChI is InChI=1S/C14H13Cl2N3O2/c15-10-4-1-8(5-11(10)16)6-12(20)17-7-13-18-14(19-21-13)9-2-3-9/h1,4-5,9H,2-3,6-7H2,(H,17,20). The molecule has 21 heavy (non-hydrogen) atoms. The Morgan fingerprint density at radius 2 is 2.14 bits per heavy atom. The van der Waals surface area contributed by atoms with Crippen molar-refractivity contribution in [3.05, 3.63) is 45.5 Å². The van der Waals surface area contributed by atoms with Crippen molar-refractivity contribution >= 4 is 29.1 Å². The van der Waals surface area contributed by atoms with Crippen molar-refractivity contribution in [1.29, 1.82) is 0 Å². The third-order valence-corrected chi connectivity index (χ3v) is 3.95. The number of benzene rings is 1. The van der Waals surface area contributed by atoms with Crippen LogP contribution in [0.15, 0.2) is 22.7 Å². The fourth-order valence-electron chi connectivity index (χ4n) is 1.92. The first kappa shape index (κ1) is 14.4. The van der Waals surface area contributed by atoms with E-state index in [0.717, 1.165) is 24.2 Å². The predicted molar refractivity (Wildman–Crippen MR) is 78.3 cm³/mol. The van der Waals surface area contributed by atoms with Crippen LogP contribution in [0.25, 0.3) is 0 Å². The first-order valence-electron chi connectivity index (χ1n) is 6.65. The van der Waals surface area contributed by atoms with E-state index >= 15 is 0 Å². The van der Waals surface area contributed by atoms with Crippen molar-refractivity contribution in [2.45, 2.75) is 31.7 Å². The zero-order chi connectivity index (χ0) is 14.8. The van der Waals surface area contributed by atoms with Gasteiger partial charge in [-0.05, 0) is 30.5 Å². The number of nitrogens with one attached hydrogen (secondary N) is 1. The van der Waals surface area contributed by atoms with Crippen molar-refractivity contribution in [2.24, 2.45) is 0 Å². The maximum atomic E-state index is 11.9. The summed E-state index contributed by atoms with van der Waals surface area (Å²) in [5.74, 6) is 1.47. The molecule has 1 fully saturated rings. The van der Waals surface area contributed by atoms with Gasteiger partial charge in [0, 0.05) is 5.92 Å². The van der Waals surface area contributed by atoms with E-state index in [0.29, 0.717) is 21.9 Å². The number of rotatable bonds is 5. The zero-order valence-electron chi connectivity index (χ0n) is 11.1. The quantitative estimate of drug-likeness (QED) is 0.917. The molecule has 1 N–H and O–H groups in total. The van der Waals surface area contributed by atoms with Gasteiger partial charge in [0.2, 0.25) is 11.8 Å². The molecule has 0 unspecified atom stereocenters. The first-order chi connectivity index (χ1) is 10.1. The van der Waals surface area contributed by atoms with Crippen LogP contribution in [0.2, 0.25) is 10.0 Å². The van der Waals surface area contributed by atoms with Gasteiger partial charge in [0.25, 0.3) is 0 Å². The third kappa shape index (κ3) is 3.74. The maximum Gasteiger partial charge on any atom is 0.246 e. The Hall–Kier alpha value is -1.59. The molecule has 0 spiro atoms. The molecular weight excluding hydrogens is 313 g/mol. The van der Waals surface area contributed by atoms with E-state index < -0.39 is 0 Å². The third-order valence-electron chi connectivity index (χ3n) is 3.21. The average Bonchev–Trinajstić information content (AvgIpc) is 3.20. The van der Waals surface area contributed by atoms with Crippen molar-refractivity contribution < 1.29 is 9.32 Å². The second kappa shape index (κ2) is 6.03. The molecule has 7 heteroatoms. The summed E-state index contributed by atoms with van der Waals surface area (Å²) in [7, 11) is 0. The highest BCUT2D eigenvalue weighted by Gasteiger charge is 2.28. The number of nitrogens with zero attached hydrogens (tertiary/aromatic N) is 2. The molecule has 1 saturated carbocycles. The second-order valence-electron chi connectivity index (χ2n) is 5.02. The van der Waals surface area contributed by atoms with E-state index in [1.807, 2.05) is 0 Å². The maximum absolute atomic E-state index is 11.9. The Balaban J connectivity index is 1.52. The van der Waals surface area contributed by atoms with Crippen molar-refractivity contribution in [3.63, 3.8) is 0 Å². The molecule has 3 rings (SSSR count). The molecule has 0 aliphatic heterocycles. The monoisotopic (exact) mass is 325 g/mol. The molecule has 5 nitrogen and oxygen atoms in total. The SMILES string of the molecule is O=C(Cc1ccc(Cl)c(Cl)c1)NCc1nc(C2CC2)no1. The summed E-state index contributed by atoms with van der Waals surface area (Å²) in [5, 5.41) is 7.54. The minimum Gasteiger partial charge on any atom is -0.347 e. The summed E-state index contributed by atoms with van der Waals surface area (Å²) in [5.41, 5.74) is 0.797. The van der Waals surface area contributed by atoms with Gasteiger partial charge in [0.05, 0.1) is 23.0 Å². The van der Waals surface area contributed by atoms with Gasteiger partial charge < -0.3 is 9.84 Å². The predicted octanol–water partition coefficient (Wildman–Crippen LogP) is 3.11. The summed E-state index contributed by atoms with van der Waals surface area (Å²) in [6, 6.07) is 5.12. The normalized spacial score (nSPS) is 14.2. The van der Waals surface area contributed by atoms with Crippen LogP contribution in [-0.4, -0.2) is 16.0 Å². The molecule has 0 radical (unpaired) electrons. The number of halogens is 2. The van der Waals surface area contributed by atoms with Gasteiger partial charge in [-0.2, -0.15) is 4.98 Å². The molecule has 110 valence electrons. The summed E-state index contributed by atoms with van der Waals surface area (Å²) < 4.78 is 5.09. The number of carbonyl (C=O) groups excluding carboxylic acids is 1. The van der Waals surface area contributed by atoms with Crippen molar-refractivity contribution in [2.75, 3.05) is 0 Å². The minimum atomic E-state index is -0.139. The molecule has 0 saturated heterocycles. The van der Waals surface area contributed by atoms with Crippen LogP contribution in [0.3, 0.4) is 0 Å². The molecule has 2 aromatic rings. The number of carbonyl (C=O) groups is 1. The van der Waals surface area contributed by atoms with Gasteiger partial charge in [-0.3, -0.25) is 4.79 Å². The molecular formula is C14H13Cl2N3O2. The number of hydrogen-bond donors (Lipinski definition) is 1. The lowest BCUT2D eigenvalue weighted by Gasteiger charge is -2.04. The first-order valence-corrected chi connectivity index (χ1v) is 7.40. The van der Waals surface area contributed by atoms with Gasteiger partial charge >= 0.3 is 0 Å². The highest BCUT2D eigenvalue weighted by Crippen LogP contribution is 2.38. The number of amides is 1. The Morgan fingerprint density at radius 1 is 1.33 bits per heavy atom.